The summed E-state index contributed by atoms with van der Waals surface area (Å²) in [5, 5.41) is 7.40. The molecule has 2 heterocycles. The van der Waals surface area contributed by atoms with E-state index in [1.165, 1.54) is 5.56 Å². The molecule has 0 bridgehead atoms. The molecule has 5 nitrogen and oxygen atoms in total. The summed E-state index contributed by atoms with van der Waals surface area (Å²) in [5.74, 6) is 0.736. The van der Waals surface area contributed by atoms with Gasteiger partial charge in [-0.15, -0.1) is 0 Å². The van der Waals surface area contributed by atoms with Crippen molar-refractivity contribution < 1.29 is 0 Å². The average molecular weight is 279 g/mol. The average Bonchev–Trinajstić information content (AvgIpc) is 2.93. The highest BCUT2D eigenvalue weighted by Crippen LogP contribution is 2.20. The third kappa shape index (κ3) is 3.25. The molecule has 0 atom stereocenters. The van der Waals surface area contributed by atoms with Gasteiger partial charge in [-0.2, -0.15) is 10.1 Å². The fraction of sp³-hybridized carbons (Fsp3) is 0.188. The first-order valence-corrected chi connectivity index (χ1v) is 6.92. The fourth-order valence-electron chi connectivity index (χ4n) is 2.20. The number of hydrogen-bond donors (Lipinski definition) is 1. The molecule has 0 aliphatic carbocycles. The van der Waals surface area contributed by atoms with Crippen LogP contribution in [-0.2, 0) is 19.9 Å². The molecule has 0 unspecified atom stereocenters. The van der Waals surface area contributed by atoms with Gasteiger partial charge in [0.1, 0.15) is 6.33 Å². The third-order valence-electron chi connectivity index (χ3n) is 3.35. The van der Waals surface area contributed by atoms with Crippen LogP contribution in [0.3, 0.4) is 0 Å². The lowest BCUT2D eigenvalue weighted by Gasteiger charge is -2.11. The van der Waals surface area contributed by atoms with Crippen molar-refractivity contribution in [2.75, 3.05) is 5.32 Å². The van der Waals surface area contributed by atoms with E-state index in [0.717, 1.165) is 30.2 Å². The third-order valence-corrected chi connectivity index (χ3v) is 3.35. The molecule has 0 fully saturated rings. The van der Waals surface area contributed by atoms with Gasteiger partial charge in [0.25, 0.3) is 0 Å². The van der Waals surface area contributed by atoms with Crippen molar-refractivity contribution in [1.82, 2.24) is 19.7 Å². The lowest BCUT2D eigenvalue weighted by atomic mass is 10.1. The molecule has 106 valence electrons. The van der Waals surface area contributed by atoms with Gasteiger partial charge in [0.05, 0.1) is 0 Å². The second-order valence-corrected chi connectivity index (χ2v) is 4.81. The number of nitrogens with zero attached hydrogens (tertiary/aromatic N) is 4. The Morgan fingerprint density at radius 1 is 1.00 bits per heavy atom. The SMILES string of the molecule is Cn1ncnc1Nc1ccccc1CCc1ccccn1. The monoisotopic (exact) mass is 279 g/mol. The molecule has 0 saturated heterocycles. The molecule has 0 spiro atoms. The van der Waals surface area contributed by atoms with Crippen LogP contribution in [0, 0.1) is 0 Å². The highest BCUT2D eigenvalue weighted by molar-refractivity contribution is 5.58. The molecule has 1 N–H and O–H groups in total. The smallest absolute Gasteiger partial charge is 0.225 e. The zero-order chi connectivity index (χ0) is 14.5. The summed E-state index contributed by atoms with van der Waals surface area (Å²) >= 11 is 0. The van der Waals surface area contributed by atoms with Crippen molar-refractivity contribution >= 4 is 11.6 Å². The van der Waals surface area contributed by atoms with Crippen LogP contribution >= 0.6 is 0 Å². The maximum atomic E-state index is 4.37. The predicted octanol–water partition coefficient (Wildman–Crippen LogP) is 2.74. The Kier molecular flexibility index (Phi) is 3.91. The zero-order valence-electron chi connectivity index (χ0n) is 11.9. The van der Waals surface area contributed by atoms with Crippen LogP contribution in [0.5, 0.6) is 0 Å². The van der Waals surface area contributed by atoms with Gasteiger partial charge in [-0.1, -0.05) is 24.3 Å². The Hall–Kier alpha value is -2.69. The Labute approximate surface area is 123 Å². The molecule has 1 aromatic carbocycles. The van der Waals surface area contributed by atoms with Crippen LogP contribution < -0.4 is 5.32 Å². The Bertz CT molecular complexity index is 705. The maximum Gasteiger partial charge on any atom is 0.225 e. The van der Waals surface area contributed by atoms with Crippen LogP contribution in [0.1, 0.15) is 11.3 Å². The Balaban J connectivity index is 1.75. The summed E-state index contributed by atoms with van der Waals surface area (Å²) in [7, 11) is 1.87. The number of nitrogens with one attached hydrogen (secondary N) is 1. The number of anilines is 2. The van der Waals surface area contributed by atoms with Crippen LogP contribution in [0.15, 0.2) is 55.0 Å². The first-order chi connectivity index (χ1) is 10.3. The number of hydrogen-bond acceptors (Lipinski definition) is 4. The number of aryl methyl sites for hydroxylation is 3. The standard InChI is InChI=1S/C16H17N5/c1-21-16(18-12-19-21)20-15-8-3-2-6-13(15)9-10-14-7-4-5-11-17-14/h2-8,11-12H,9-10H2,1H3,(H,18,19,20). The van der Waals surface area contributed by atoms with E-state index in [-0.39, 0.29) is 0 Å². The molecule has 0 amide bonds. The van der Waals surface area contributed by atoms with Crippen LogP contribution in [0.4, 0.5) is 11.6 Å². The fourth-order valence-corrected chi connectivity index (χ4v) is 2.20. The van der Waals surface area contributed by atoms with E-state index in [9.17, 15) is 0 Å². The minimum absolute atomic E-state index is 0.736. The Morgan fingerprint density at radius 2 is 1.86 bits per heavy atom. The first kappa shape index (κ1) is 13.3. The van der Waals surface area contributed by atoms with E-state index in [0.29, 0.717) is 0 Å². The molecule has 0 saturated carbocycles. The van der Waals surface area contributed by atoms with Crippen LogP contribution in [0.2, 0.25) is 0 Å². The quantitative estimate of drug-likeness (QED) is 0.780. The van der Waals surface area contributed by atoms with Crippen molar-refractivity contribution in [2.24, 2.45) is 7.05 Å². The molecule has 2 aromatic heterocycles. The topological polar surface area (TPSA) is 55.6 Å². The van der Waals surface area contributed by atoms with Gasteiger partial charge in [0.2, 0.25) is 5.95 Å². The van der Waals surface area contributed by atoms with Gasteiger partial charge >= 0.3 is 0 Å². The van der Waals surface area contributed by atoms with Crippen molar-refractivity contribution in [1.29, 1.82) is 0 Å². The molecule has 3 rings (SSSR count). The molecule has 3 aromatic rings. The predicted molar refractivity (Wildman–Crippen MR) is 82.4 cm³/mol. The summed E-state index contributed by atoms with van der Waals surface area (Å²) in [6.45, 7) is 0. The van der Waals surface area contributed by atoms with Crippen LogP contribution in [0.25, 0.3) is 0 Å². The van der Waals surface area contributed by atoms with Gasteiger partial charge < -0.3 is 5.32 Å². The maximum absolute atomic E-state index is 4.37. The second kappa shape index (κ2) is 6.17. The lowest BCUT2D eigenvalue weighted by molar-refractivity contribution is 0.775. The van der Waals surface area contributed by atoms with Gasteiger partial charge in [0, 0.05) is 24.6 Å². The van der Waals surface area contributed by atoms with Crippen molar-refractivity contribution in [2.45, 2.75) is 12.8 Å². The molecule has 0 aliphatic rings. The summed E-state index contributed by atoms with van der Waals surface area (Å²) in [6.07, 6.45) is 5.22. The summed E-state index contributed by atoms with van der Waals surface area (Å²) in [5.41, 5.74) is 3.40. The summed E-state index contributed by atoms with van der Waals surface area (Å²) < 4.78 is 1.72. The van der Waals surface area contributed by atoms with Gasteiger partial charge in [-0.05, 0) is 36.6 Å². The number of aromatic nitrogens is 4. The van der Waals surface area contributed by atoms with Crippen molar-refractivity contribution in [3.63, 3.8) is 0 Å². The zero-order valence-corrected chi connectivity index (χ0v) is 11.9. The number of rotatable bonds is 5. The molecule has 0 radical (unpaired) electrons. The van der Waals surface area contributed by atoms with Crippen molar-refractivity contribution in [3.05, 3.63) is 66.2 Å². The molecular weight excluding hydrogens is 262 g/mol. The minimum Gasteiger partial charge on any atom is -0.324 e. The number of pyridine rings is 1. The Morgan fingerprint density at radius 3 is 2.62 bits per heavy atom. The highest BCUT2D eigenvalue weighted by Gasteiger charge is 2.06. The lowest BCUT2D eigenvalue weighted by Crippen LogP contribution is -2.03. The number of benzene rings is 1. The molecular formula is C16H17N5. The van der Waals surface area contributed by atoms with Gasteiger partial charge in [0.15, 0.2) is 0 Å². The molecule has 21 heavy (non-hydrogen) atoms. The highest BCUT2D eigenvalue weighted by atomic mass is 15.4. The normalized spacial score (nSPS) is 10.5. The van der Waals surface area contributed by atoms with E-state index in [1.54, 1.807) is 11.0 Å². The van der Waals surface area contributed by atoms with E-state index in [4.69, 9.17) is 0 Å². The van der Waals surface area contributed by atoms with Gasteiger partial charge in [-0.3, -0.25) is 4.98 Å². The van der Waals surface area contributed by atoms with Crippen molar-refractivity contribution in [3.8, 4) is 0 Å². The molecule has 5 heteroatoms. The largest absolute Gasteiger partial charge is 0.324 e. The summed E-state index contributed by atoms with van der Waals surface area (Å²) in [4.78, 5) is 8.57. The van der Waals surface area contributed by atoms with E-state index in [2.05, 4.69) is 44.6 Å². The van der Waals surface area contributed by atoms with E-state index in [1.807, 2.05) is 31.4 Å². The second-order valence-electron chi connectivity index (χ2n) is 4.81. The van der Waals surface area contributed by atoms with Gasteiger partial charge in [-0.25, -0.2) is 4.68 Å². The van der Waals surface area contributed by atoms with E-state index < -0.39 is 0 Å². The van der Waals surface area contributed by atoms with E-state index >= 15 is 0 Å². The number of para-hydroxylation sites is 1. The summed E-state index contributed by atoms with van der Waals surface area (Å²) in [6, 6.07) is 14.3. The first-order valence-electron chi connectivity index (χ1n) is 6.92. The minimum atomic E-state index is 0.736. The van der Waals surface area contributed by atoms with Crippen LogP contribution in [-0.4, -0.2) is 19.7 Å². The molecule has 0 aliphatic heterocycles.